The zero-order valence-electron chi connectivity index (χ0n) is 11.7. The first-order chi connectivity index (χ1) is 8.76. The summed E-state index contributed by atoms with van der Waals surface area (Å²) in [5.74, 6) is 1.53. The third kappa shape index (κ3) is 2.86. The Balaban J connectivity index is 2.08. The van der Waals surface area contributed by atoms with Crippen molar-refractivity contribution in [2.24, 2.45) is 17.6 Å². The summed E-state index contributed by atoms with van der Waals surface area (Å²) in [5.41, 5.74) is 8.66. The largest absolute Gasteiger partial charge is 0.371 e. The van der Waals surface area contributed by atoms with Gasteiger partial charge in [0.2, 0.25) is 0 Å². The van der Waals surface area contributed by atoms with Crippen molar-refractivity contribution >= 4 is 5.69 Å². The van der Waals surface area contributed by atoms with E-state index in [0.29, 0.717) is 0 Å². The molecule has 1 saturated carbocycles. The number of nitrogens with zero attached hydrogens (tertiary/aromatic N) is 1. The predicted octanol–water partition coefficient (Wildman–Crippen LogP) is 3.20. The van der Waals surface area contributed by atoms with Crippen molar-refractivity contribution in [3.8, 4) is 0 Å². The SMILES string of the molecule is CCN(CC1CCCC1CN)c1ccccc1C. The molecule has 1 aliphatic rings. The van der Waals surface area contributed by atoms with Gasteiger partial charge in [-0.2, -0.15) is 0 Å². The molecule has 0 aromatic heterocycles. The van der Waals surface area contributed by atoms with Gasteiger partial charge in [-0.25, -0.2) is 0 Å². The normalized spacial score (nSPS) is 23.3. The minimum Gasteiger partial charge on any atom is -0.371 e. The summed E-state index contributed by atoms with van der Waals surface area (Å²) in [7, 11) is 0. The lowest BCUT2D eigenvalue weighted by molar-refractivity contribution is 0.395. The summed E-state index contributed by atoms with van der Waals surface area (Å²) in [5, 5.41) is 0. The lowest BCUT2D eigenvalue weighted by Crippen LogP contribution is -2.33. The third-order valence-corrected chi connectivity index (χ3v) is 4.41. The van der Waals surface area contributed by atoms with Gasteiger partial charge in [0.15, 0.2) is 0 Å². The van der Waals surface area contributed by atoms with Gasteiger partial charge in [-0.05, 0) is 56.7 Å². The van der Waals surface area contributed by atoms with Crippen LogP contribution in [0.4, 0.5) is 5.69 Å². The fraction of sp³-hybridized carbons (Fsp3) is 0.625. The van der Waals surface area contributed by atoms with Crippen molar-refractivity contribution in [3.63, 3.8) is 0 Å². The zero-order valence-corrected chi connectivity index (χ0v) is 11.7. The molecule has 1 aliphatic carbocycles. The monoisotopic (exact) mass is 246 g/mol. The predicted molar refractivity (Wildman–Crippen MR) is 79.0 cm³/mol. The molecule has 0 spiro atoms. The molecule has 1 aromatic carbocycles. The molecule has 0 saturated heterocycles. The van der Waals surface area contributed by atoms with Crippen molar-refractivity contribution in [1.29, 1.82) is 0 Å². The molecule has 0 radical (unpaired) electrons. The smallest absolute Gasteiger partial charge is 0.0395 e. The van der Waals surface area contributed by atoms with Gasteiger partial charge < -0.3 is 10.6 Å². The minimum atomic E-state index is 0.739. The summed E-state index contributed by atoms with van der Waals surface area (Å²) >= 11 is 0. The van der Waals surface area contributed by atoms with E-state index in [2.05, 4.69) is 43.0 Å². The highest BCUT2D eigenvalue weighted by Crippen LogP contribution is 2.33. The Morgan fingerprint density at radius 2 is 1.94 bits per heavy atom. The van der Waals surface area contributed by atoms with Crippen molar-refractivity contribution in [3.05, 3.63) is 29.8 Å². The first-order valence-corrected chi connectivity index (χ1v) is 7.27. The molecule has 1 fully saturated rings. The molecule has 2 unspecified atom stereocenters. The van der Waals surface area contributed by atoms with E-state index in [1.54, 1.807) is 0 Å². The standard InChI is InChI=1S/C16H26N2/c1-3-18(16-10-5-4-7-13(16)2)12-15-9-6-8-14(15)11-17/h4-5,7,10,14-15H,3,6,8-9,11-12,17H2,1-2H3. The summed E-state index contributed by atoms with van der Waals surface area (Å²) in [4.78, 5) is 2.52. The second-order valence-corrected chi connectivity index (χ2v) is 5.51. The minimum absolute atomic E-state index is 0.739. The van der Waals surface area contributed by atoms with Crippen molar-refractivity contribution in [2.45, 2.75) is 33.1 Å². The molecule has 2 N–H and O–H groups in total. The molecule has 0 aliphatic heterocycles. The highest BCUT2D eigenvalue weighted by atomic mass is 15.1. The number of para-hydroxylation sites is 1. The maximum Gasteiger partial charge on any atom is 0.0395 e. The average molecular weight is 246 g/mol. The van der Waals surface area contributed by atoms with Crippen LogP contribution in [0.5, 0.6) is 0 Å². The molecule has 2 atom stereocenters. The Bertz CT molecular complexity index is 375. The Kier molecular flexibility index (Phi) is 4.65. The quantitative estimate of drug-likeness (QED) is 0.864. The highest BCUT2D eigenvalue weighted by molar-refractivity contribution is 5.52. The number of hydrogen-bond donors (Lipinski definition) is 1. The van der Waals surface area contributed by atoms with E-state index in [9.17, 15) is 0 Å². The molecular weight excluding hydrogens is 220 g/mol. The number of anilines is 1. The van der Waals surface area contributed by atoms with Gasteiger partial charge in [0, 0.05) is 18.8 Å². The lowest BCUT2D eigenvalue weighted by atomic mass is 9.95. The third-order valence-electron chi connectivity index (χ3n) is 4.41. The Hall–Kier alpha value is -1.02. The van der Waals surface area contributed by atoms with Crippen LogP contribution < -0.4 is 10.6 Å². The maximum absolute atomic E-state index is 5.89. The Morgan fingerprint density at radius 1 is 1.22 bits per heavy atom. The molecule has 0 bridgehead atoms. The number of benzene rings is 1. The molecule has 2 heteroatoms. The van der Waals surface area contributed by atoms with Gasteiger partial charge in [0.1, 0.15) is 0 Å². The highest BCUT2D eigenvalue weighted by Gasteiger charge is 2.27. The van der Waals surface area contributed by atoms with Crippen LogP contribution in [0, 0.1) is 18.8 Å². The molecule has 2 rings (SSSR count). The zero-order chi connectivity index (χ0) is 13.0. The van der Waals surface area contributed by atoms with Crippen molar-refractivity contribution in [1.82, 2.24) is 0 Å². The van der Waals surface area contributed by atoms with E-state index in [0.717, 1.165) is 24.9 Å². The maximum atomic E-state index is 5.89. The van der Waals surface area contributed by atoms with E-state index in [1.807, 2.05) is 0 Å². The molecule has 100 valence electrons. The van der Waals surface area contributed by atoms with Crippen LogP contribution in [-0.2, 0) is 0 Å². The van der Waals surface area contributed by atoms with E-state index in [-0.39, 0.29) is 0 Å². The van der Waals surface area contributed by atoms with Crippen LogP contribution in [-0.4, -0.2) is 19.6 Å². The van der Waals surface area contributed by atoms with Crippen LogP contribution in [0.3, 0.4) is 0 Å². The van der Waals surface area contributed by atoms with Crippen LogP contribution >= 0.6 is 0 Å². The van der Waals surface area contributed by atoms with Crippen molar-refractivity contribution < 1.29 is 0 Å². The van der Waals surface area contributed by atoms with Gasteiger partial charge in [0.25, 0.3) is 0 Å². The van der Waals surface area contributed by atoms with Gasteiger partial charge >= 0.3 is 0 Å². The first kappa shape index (κ1) is 13.4. The topological polar surface area (TPSA) is 29.3 Å². The van der Waals surface area contributed by atoms with Crippen LogP contribution in [0.25, 0.3) is 0 Å². The van der Waals surface area contributed by atoms with E-state index < -0.39 is 0 Å². The van der Waals surface area contributed by atoms with E-state index in [1.165, 1.54) is 37.1 Å². The number of aryl methyl sites for hydroxylation is 1. The molecule has 0 heterocycles. The first-order valence-electron chi connectivity index (χ1n) is 7.27. The van der Waals surface area contributed by atoms with Gasteiger partial charge in [-0.3, -0.25) is 0 Å². The van der Waals surface area contributed by atoms with E-state index >= 15 is 0 Å². The van der Waals surface area contributed by atoms with Crippen molar-refractivity contribution in [2.75, 3.05) is 24.5 Å². The molecule has 18 heavy (non-hydrogen) atoms. The van der Waals surface area contributed by atoms with Gasteiger partial charge in [-0.15, -0.1) is 0 Å². The van der Waals surface area contributed by atoms with Crippen LogP contribution in [0.1, 0.15) is 31.7 Å². The lowest BCUT2D eigenvalue weighted by Gasteiger charge is -2.30. The second kappa shape index (κ2) is 6.24. The molecular formula is C16H26N2. The Morgan fingerprint density at radius 3 is 2.61 bits per heavy atom. The summed E-state index contributed by atoms with van der Waals surface area (Å²) in [6.45, 7) is 7.56. The van der Waals surface area contributed by atoms with Crippen LogP contribution in [0.15, 0.2) is 24.3 Å². The molecule has 1 aromatic rings. The number of rotatable bonds is 5. The number of nitrogens with two attached hydrogens (primary N) is 1. The van der Waals surface area contributed by atoms with E-state index in [4.69, 9.17) is 5.73 Å². The molecule has 0 amide bonds. The van der Waals surface area contributed by atoms with Crippen LogP contribution in [0.2, 0.25) is 0 Å². The average Bonchev–Trinajstić information content (AvgIpc) is 2.84. The summed E-state index contributed by atoms with van der Waals surface area (Å²) in [6.07, 6.45) is 4.04. The fourth-order valence-corrected chi connectivity index (χ4v) is 3.26. The number of hydrogen-bond acceptors (Lipinski definition) is 2. The Labute approximate surface area is 111 Å². The molecule has 2 nitrogen and oxygen atoms in total. The summed E-state index contributed by atoms with van der Waals surface area (Å²) < 4.78 is 0. The fourth-order valence-electron chi connectivity index (χ4n) is 3.26. The van der Waals surface area contributed by atoms with Gasteiger partial charge in [0.05, 0.1) is 0 Å². The second-order valence-electron chi connectivity index (χ2n) is 5.51. The van der Waals surface area contributed by atoms with Gasteiger partial charge in [-0.1, -0.05) is 24.6 Å². The summed E-state index contributed by atoms with van der Waals surface area (Å²) in [6, 6.07) is 8.70.